The molecule has 6 aromatic heterocycles. The highest BCUT2D eigenvalue weighted by Crippen LogP contribution is 2.36. The number of aromatic nitrogens is 10. The molecule has 8 N–H and O–H groups in total. The molecular formula is C50H58N16O10S. The van der Waals surface area contributed by atoms with Gasteiger partial charge in [0.2, 0.25) is 29.6 Å². The Hall–Kier alpha value is -8.72. The van der Waals surface area contributed by atoms with E-state index in [1.54, 1.807) is 40.2 Å². The number of nitrogens with zero attached hydrogens (tertiary/aromatic N) is 12. The van der Waals surface area contributed by atoms with Crippen LogP contribution in [-0.4, -0.2) is 156 Å². The van der Waals surface area contributed by atoms with Gasteiger partial charge in [0, 0.05) is 82.7 Å². The Balaban J connectivity index is 1.07. The van der Waals surface area contributed by atoms with Gasteiger partial charge in [0.25, 0.3) is 11.8 Å². The van der Waals surface area contributed by atoms with Crippen LogP contribution in [0.25, 0.3) is 44.6 Å². The summed E-state index contributed by atoms with van der Waals surface area (Å²) in [6.07, 6.45) is 5.39. The largest absolute Gasteiger partial charge is 0.494 e. The second kappa shape index (κ2) is 23.0. The van der Waals surface area contributed by atoms with Gasteiger partial charge in [-0.1, -0.05) is 12.2 Å². The van der Waals surface area contributed by atoms with E-state index in [4.69, 9.17) is 41.7 Å². The van der Waals surface area contributed by atoms with Crippen LogP contribution in [0.1, 0.15) is 75.8 Å². The van der Waals surface area contributed by atoms with Crippen molar-refractivity contribution in [3.63, 3.8) is 0 Å². The summed E-state index contributed by atoms with van der Waals surface area (Å²) in [6, 6.07) is 6.81. The number of hydrogen-bond acceptors (Lipinski definition) is 17. The maximum atomic E-state index is 14.0. The van der Waals surface area contributed by atoms with E-state index in [0.717, 1.165) is 22.4 Å². The second-order valence-corrected chi connectivity index (χ2v) is 19.3. The predicted molar refractivity (Wildman–Crippen MR) is 283 cm³/mol. The molecule has 0 aliphatic carbocycles. The summed E-state index contributed by atoms with van der Waals surface area (Å²) < 4.78 is 19.1. The first-order valence-electron chi connectivity index (χ1n) is 24.6. The highest BCUT2D eigenvalue weighted by molar-refractivity contribution is 8.00. The van der Waals surface area contributed by atoms with Gasteiger partial charge in [0.15, 0.2) is 5.82 Å². The summed E-state index contributed by atoms with van der Waals surface area (Å²) in [5, 5.41) is 20.8. The number of primary amides is 2. The van der Waals surface area contributed by atoms with Crippen LogP contribution in [0.2, 0.25) is 0 Å². The number of fused-ring (bicyclic) bond motifs is 4. The number of allylic oxidation sites excluding steroid dienone is 2. The number of imide groups is 1. The summed E-state index contributed by atoms with van der Waals surface area (Å²) in [7, 11) is 3.05. The zero-order valence-corrected chi connectivity index (χ0v) is 44.0. The minimum atomic E-state index is -1.22. The van der Waals surface area contributed by atoms with Crippen molar-refractivity contribution < 1.29 is 48.1 Å². The minimum Gasteiger partial charge on any atom is -0.494 e. The molecule has 1 aliphatic rings. The number of amides is 6. The molecule has 1 saturated heterocycles. The lowest BCUT2D eigenvalue weighted by Crippen LogP contribution is -2.37. The van der Waals surface area contributed by atoms with Crippen LogP contribution in [-0.2, 0) is 45.4 Å². The lowest BCUT2D eigenvalue weighted by Gasteiger charge is -2.20. The number of rotatable bonds is 24. The van der Waals surface area contributed by atoms with Crippen LogP contribution < -0.4 is 32.0 Å². The molecule has 0 saturated carbocycles. The van der Waals surface area contributed by atoms with Crippen LogP contribution in [0.3, 0.4) is 0 Å². The SMILES string of the molecule is CCn1nc(C)cc1C(=O)Nc1nc2cc(C(N)=O)cc(OCCCN(C)C(=O)CCN3C(=O)CC(SC[C@H](N)C(=O)O)C3=O)c2n1C/C=C/Cn1c2nc(-c3cc(C)nn3CC)ncc2c2nc(C(N)=O)cc(OC)c21. The van der Waals surface area contributed by atoms with Crippen molar-refractivity contribution in [2.24, 2.45) is 17.2 Å². The van der Waals surface area contributed by atoms with E-state index < -0.39 is 46.8 Å². The van der Waals surface area contributed by atoms with E-state index in [0.29, 0.717) is 75.7 Å². The van der Waals surface area contributed by atoms with Crippen LogP contribution >= 0.6 is 11.8 Å². The van der Waals surface area contributed by atoms with Crippen LogP contribution in [0.15, 0.2) is 48.7 Å². The molecule has 7 aromatic rings. The Morgan fingerprint density at radius 2 is 1.64 bits per heavy atom. The van der Waals surface area contributed by atoms with Gasteiger partial charge in [-0.2, -0.15) is 10.2 Å². The van der Waals surface area contributed by atoms with Gasteiger partial charge >= 0.3 is 5.97 Å². The van der Waals surface area contributed by atoms with Crippen molar-refractivity contribution in [2.45, 2.75) is 84.4 Å². The molecule has 8 rings (SSSR count). The molecule has 0 spiro atoms. The highest BCUT2D eigenvalue weighted by atomic mass is 32.2. The molecular weight excluding hydrogens is 1020 g/mol. The molecule has 1 aromatic carbocycles. The van der Waals surface area contributed by atoms with Crippen molar-refractivity contribution in [3.05, 3.63) is 77.0 Å². The number of carboxylic acids is 1. The van der Waals surface area contributed by atoms with Gasteiger partial charge in [-0.05, 0) is 58.4 Å². The first kappa shape index (κ1) is 54.5. The molecule has 0 bridgehead atoms. The van der Waals surface area contributed by atoms with Crippen LogP contribution in [0, 0.1) is 13.8 Å². The second-order valence-electron chi connectivity index (χ2n) is 18.1. The molecule has 404 valence electrons. The first-order valence-corrected chi connectivity index (χ1v) is 25.6. The Bertz CT molecular complexity index is 3520. The average Bonchev–Trinajstić information content (AvgIpc) is 4.27. The van der Waals surface area contributed by atoms with Gasteiger partial charge in [-0.15, -0.1) is 11.8 Å². The molecule has 0 radical (unpaired) electrons. The quantitative estimate of drug-likeness (QED) is 0.0330. The third-order valence-electron chi connectivity index (χ3n) is 12.8. The number of likely N-dealkylation sites (tertiary alicyclic amines) is 1. The number of nitrogens with two attached hydrogens (primary N) is 3. The Morgan fingerprint density at radius 1 is 0.922 bits per heavy atom. The fraction of sp³-hybridized carbons (Fsp3) is 0.380. The molecule has 1 aliphatic heterocycles. The number of aryl methyl sites for hydroxylation is 4. The van der Waals surface area contributed by atoms with Gasteiger partial charge in [0.05, 0.1) is 41.3 Å². The van der Waals surface area contributed by atoms with E-state index in [9.17, 15) is 33.6 Å². The Kier molecular flexibility index (Phi) is 16.3. The summed E-state index contributed by atoms with van der Waals surface area (Å²) >= 11 is 0.998. The van der Waals surface area contributed by atoms with E-state index in [-0.39, 0.29) is 85.8 Å². The van der Waals surface area contributed by atoms with Gasteiger partial charge < -0.3 is 45.8 Å². The maximum Gasteiger partial charge on any atom is 0.321 e. The lowest BCUT2D eigenvalue weighted by molar-refractivity contribution is -0.140. The Labute approximate surface area is 443 Å². The predicted octanol–water partition coefficient (Wildman–Crippen LogP) is 2.65. The third-order valence-corrected chi connectivity index (χ3v) is 14.1. The van der Waals surface area contributed by atoms with Crippen LogP contribution in [0.5, 0.6) is 11.5 Å². The number of anilines is 1. The first-order chi connectivity index (χ1) is 36.8. The Morgan fingerprint density at radius 3 is 2.32 bits per heavy atom. The zero-order valence-electron chi connectivity index (χ0n) is 43.2. The summed E-state index contributed by atoms with van der Waals surface area (Å²) in [5.41, 5.74) is 21.7. The average molecular weight is 1080 g/mol. The van der Waals surface area contributed by atoms with Crippen molar-refractivity contribution >= 4 is 92.2 Å². The molecule has 2 atom stereocenters. The molecule has 7 heterocycles. The number of methoxy groups -OCH3 is 1. The number of aliphatic carboxylic acids is 1. The fourth-order valence-electron chi connectivity index (χ4n) is 8.93. The number of thioether (sulfide) groups is 1. The van der Waals surface area contributed by atoms with Crippen molar-refractivity contribution in [1.82, 2.24) is 58.4 Å². The number of carboxylic acid groups (broad SMARTS) is 1. The molecule has 77 heavy (non-hydrogen) atoms. The molecule has 1 unspecified atom stereocenters. The van der Waals surface area contributed by atoms with Gasteiger partial charge in [0.1, 0.15) is 56.8 Å². The molecule has 1 fully saturated rings. The number of carbonyl (C=O) groups excluding carboxylic acids is 6. The van der Waals surface area contributed by atoms with Crippen molar-refractivity contribution in [2.75, 3.05) is 44.9 Å². The monoisotopic (exact) mass is 1070 g/mol. The number of ether oxygens (including phenoxy) is 2. The topological polar surface area (TPSA) is 352 Å². The van der Waals surface area contributed by atoms with Crippen molar-refractivity contribution in [1.29, 1.82) is 0 Å². The summed E-state index contributed by atoms with van der Waals surface area (Å²) in [4.78, 5) is 111. The van der Waals surface area contributed by atoms with Crippen molar-refractivity contribution in [3.8, 4) is 23.0 Å². The number of nitrogens with one attached hydrogen (secondary N) is 1. The third kappa shape index (κ3) is 11.4. The lowest BCUT2D eigenvalue weighted by atomic mass is 10.1. The van der Waals surface area contributed by atoms with Gasteiger partial charge in [-0.3, -0.25) is 53.1 Å². The highest BCUT2D eigenvalue weighted by Gasteiger charge is 2.39. The van der Waals surface area contributed by atoms with E-state index >= 15 is 0 Å². The summed E-state index contributed by atoms with van der Waals surface area (Å²) in [6.45, 7) is 8.86. The summed E-state index contributed by atoms with van der Waals surface area (Å²) in [5.74, 6) is -3.50. The van der Waals surface area contributed by atoms with Gasteiger partial charge in [-0.25, -0.2) is 19.9 Å². The smallest absolute Gasteiger partial charge is 0.321 e. The standard InChI is InChI=1S/C50H58N16O10S/c1-7-65-33(18-26(3)59-65)45-54-24-29-40-42(35(75-6)22-32(55-40)44(53)70)63(46(29)57-45)14-9-10-15-64-41-31(56-50(64)58-47(71)34-19-27(4)60-66(34)8-2)20-28(43(52)69)21-36(41)76-17-11-13-61(5)38(67)12-16-62-39(68)23-37(48(62)72)77-25-30(51)49(73)74/h9-10,18-22,24,30,37H,7-8,11-17,23,25,51H2,1-6H3,(H2,52,69)(H2,53,70)(H,73,74)(H,56,58,71)/b10-9+/t30-,37?/m0/s1. The zero-order chi connectivity index (χ0) is 55.4. The molecule has 27 heteroatoms. The van der Waals surface area contributed by atoms with E-state index in [2.05, 4.69) is 25.5 Å². The molecule has 6 amide bonds. The number of pyridine rings is 1. The number of carbonyl (C=O) groups is 7. The number of imidazole rings is 1. The molecule has 26 nitrogen and oxygen atoms in total. The fourth-order valence-corrected chi connectivity index (χ4v) is 10.0. The van der Waals surface area contributed by atoms with E-state index in [1.165, 1.54) is 30.2 Å². The number of benzene rings is 1. The maximum absolute atomic E-state index is 14.0. The van der Waals surface area contributed by atoms with E-state index in [1.807, 2.05) is 43.6 Å². The number of hydrogen-bond donors (Lipinski definition) is 5. The minimum absolute atomic E-state index is 0.0103. The normalized spacial score (nSPS) is 14.1. The van der Waals surface area contributed by atoms with Crippen LogP contribution in [0.4, 0.5) is 5.95 Å².